The number of carbonyl (C=O) groups is 1. The molecule has 0 radical (unpaired) electrons. The van der Waals surface area contributed by atoms with Crippen LogP contribution in [0.4, 0.5) is 0 Å². The summed E-state index contributed by atoms with van der Waals surface area (Å²) in [6.45, 7) is 3.91. The minimum Gasteiger partial charge on any atom is -0.483 e. The van der Waals surface area contributed by atoms with Crippen LogP contribution >= 0.6 is 27.3 Å². The molecule has 110 valence electrons. The lowest BCUT2D eigenvalue weighted by Crippen LogP contribution is -2.24. The lowest BCUT2D eigenvalue weighted by molar-refractivity contribution is -0.123. The molecule has 1 heterocycles. The molecule has 0 fully saturated rings. The van der Waals surface area contributed by atoms with Gasteiger partial charge in [0.2, 0.25) is 0 Å². The normalized spacial score (nSPS) is 10.8. The molecule has 1 aromatic carbocycles. The highest BCUT2D eigenvalue weighted by Gasteiger charge is 2.04. The molecule has 1 amide bonds. The Morgan fingerprint density at radius 2 is 2.24 bits per heavy atom. The third kappa shape index (κ3) is 4.99. The van der Waals surface area contributed by atoms with Crippen molar-refractivity contribution in [3.63, 3.8) is 0 Å². The van der Waals surface area contributed by atoms with Crippen LogP contribution in [0.2, 0.25) is 0 Å². The Morgan fingerprint density at radius 3 is 2.90 bits per heavy atom. The van der Waals surface area contributed by atoms with E-state index in [2.05, 4.69) is 26.5 Å². The molecular weight excluding hydrogens is 352 g/mol. The summed E-state index contributed by atoms with van der Waals surface area (Å²) in [5.41, 5.74) is 4.61. The van der Waals surface area contributed by atoms with Crippen LogP contribution in [-0.2, 0) is 4.79 Å². The molecule has 0 aliphatic heterocycles. The van der Waals surface area contributed by atoms with Crippen molar-refractivity contribution in [3.8, 4) is 5.75 Å². The molecule has 4 nitrogen and oxygen atoms in total. The Morgan fingerprint density at radius 1 is 1.43 bits per heavy atom. The van der Waals surface area contributed by atoms with Crippen molar-refractivity contribution in [3.05, 3.63) is 50.1 Å². The Hall–Kier alpha value is -1.66. The minimum absolute atomic E-state index is 0.0601. The van der Waals surface area contributed by atoms with Gasteiger partial charge in [0.1, 0.15) is 5.75 Å². The summed E-state index contributed by atoms with van der Waals surface area (Å²) in [6, 6.07) is 7.75. The highest BCUT2D eigenvalue weighted by Crippen LogP contribution is 2.19. The van der Waals surface area contributed by atoms with Crippen LogP contribution in [0.1, 0.15) is 16.0 Å². The fraction of sp³-hybridized carbons (Fsp3) is 0.200. The lowest BCUT2D eigenvalue weighted by atomic mass is 10.1. The predicted molar refractivity (Wildman–Crippen MR) is 89.2 cm³/mol. The van der Waals surface area contributed by atoms with Gasteiger partial charge in [-0.2, -0.15) is 5.10 Å². The maximum Gasteiger partial charge on any atom is 0.277 e. The van der Waals surface area contributed by atoms with Crippen molar-refractivity contribution in [1.29, 1.82) is 0 Å². The van der Waals surface area contributed by atoms with Gasteiger partial charge in [0.05, 0.1) is 6.21 Å². The third-order valence-electron chi connectivity index (χ3n) is 2.66. The summed E-state index contributed by atoms with van der Waals surface area (Å²) in [4.78, 5) is 12.6. The van der Waals surface area contributed by atoms with Crippen molar-refractivity contribution in [1.82, 2.24) is 5.43 Å². The first-order chi connectivity index (χ1) is 10.0. The standard InChI is InChI=1S/C15H15BrN2O2S/c1-10-3-4-14(11(2)5-10)20-8-15(19)18-17-7-13-6-12(16)9-21-13/h3-7,9H,8H2,1-2H3,(H,18,19). The number of amides is 1. The van der Waals surface area contributed by atoms with Crippen LogP contribution in [0.3, 0.4) is 0 Å². The average molecular weight is 367 g/mol. The highest BCUT2D eigenvalue weighted by atomic mass is 79.9. The van der Waals surface area contributed by atoms with E-state index < -0.39 is 0 Å². The number of aryl methyl sites for hydroxylation is 2. The first-order valence-electron chi connectivity index (χ1n) is 6.30. The average Bonchev–Trinajstić information content (AvgIpc) is 2.83. The summed E-state index contributed by atoms with van der Waals surface area (Å²) < 4.78 is 6.47. The van der Waals surface area contributed by atoms with E-state index in [9.17, 15) is 4.79 Å². The minimum atomic E-state index is -0.290. The number of ether oxygens (including phenoxy) is 1. The summed E-state index contributed by atoms with van der Waals surface area (Å²) in [5.74, 6) is 0.420. The van der Waals surface area contributed by atoms with Gasteiger partial charge in [-0.05, 0) is 47.5 Å². The van der Waals surface area contributed by atoms with Crippen LogP contribution in [0.15, 0.2) is 39.2 Å². The Bertz CT molecular complexity index is 667. The largest absolute Gasteiger partial charge is 0.483 e. The van der Waals surface area contributed by atoms with E-state index in [-0.39, 0.29) is 12.5 Å². The summed E-state index contributed by atoms with van der Waals surface area (Å²) in [7, 11) is 0. The molecule has 0 atom stereocenters. The van der Waals surface area contributed by atoms with Crippen molar-refractivity contribution in [2.75, 3.05) is 6.61 Å². The number of hydrazone groups is 1. The van der Waals surface area contributed by atoms with Gasteiger partial charge < -0.3 is 4.74 Å². The Kier molecular flexibility index (Phi) is 5.52. The summed E-state index contributed by atoms with van der Waals surface area (Å²) >= 11 is 4.89. The number of carbonyl (C=O) groups excluding carboxylic acids is 1. The summed E-state index contributed by atoms with van der Waals surface area (Å²) in [6.07, 6.45) is 1.60. The van der Waals surface area contributed by atoms with Crippen LogP contribution < -0.4 is 10.2 Å². The zero-order valence-corrected chi connectivity index (χ0v) is 14.1. The van der Waals surface area contributed by atoms with Crippen LogP contribution in [0.5, 0.6) is 5.75 Å². The van der Waals surface area contributed by atoms with E-state index in [1.807, 2.05) is 43.5 Å². The molecule has 0 bridgehead atoms. The van der Waals surface area contributed by atoms with Gasteiger partial charge in [-0.3, -0.25) is 4.79 Å². The van der Waals surface area contributed by atoms with E-state index in [0.717, 1.165) is 20.5 Å². The predicted octanol–water partition coefficient (Wildman–Crippen LogP) is 3.66. The van der Waals surface area contributed by atoms with Gasteiger partial charge in [-0.25, -0.2) is 5.43 Å². The number of rotatable bonds is 5. The molecule has 21 heavy (non-hydrogen) atoms. The van der Waals surface area contributed by atoms with Crippen molar-refractivity contribution in [2.24, 2.45) is 5.10 Å². The highest BCUT2D eigenvalue weighted by molar-refractivity contribution is 9.10. The fourth-order valence-electron chi connectivity index (χ4n) is 1.70. The molecule has 0 saturated carbocycles. The first kappa shape index (κ1) is 15.7. The van der Waals surface area contributed by atoms with Crippen molar-refractivity contribution >= 4 is 39.4 Å². The van der Waals surface area contributed by atoms with E-state index in [1.165, 1.54) is 11.3 Å². The second-order valence-electron chi connectivity index (χ2n) is 4.52. The second-order valence-corrected chi connectivity index (χ2v) is 6.38. The molecule has 1 N–H and O–H groups in total. The number of nitrogens with zero attached hydrogens (tertiary/aromatic N) is 1. The molecule has 1 aromatic heterocycles. The Labute approximate surface area is 136 Å². The number of nitrogens with one attached hydrogen (secondary N) is 1. The topological polar surface area (TPSA) is 50.7 Å². The number of hydrogen-bond acceptors (Lipinski definition) is 4. The Balaban J connectivity index is 1.81. The molecule has 6 heteroatoms. The van der Waals surface area contributed by atoms with E-state index >= 15 is 0 Å². The van der Waals surface area contributed by atoms with Gasteiger partial charge in [0, 0.05) is 14.7 Å². The molecule has 0 saturated heterocycles. The quantitative estimate of drug-likeness (QED) is 0.648. The monoisotopic (exact) mass is 366 g/mol. The maximum atomic E-state index is 11.6. The fourth-order valence-corrected chi connectivity index (χ4v) is 3.00. The SMILES string of the molecule is Cc1ccc(OCC(=O)NN=Cc2cc(Br)cs2)c(C)c1. The summed E-state index contributed by atoms with van der Waals surface area (Å²) in [5, 5.41) is 5.84. The van der Waals surface area contributed by atoms with E-state index in [1.54, 1.807) is 6.21 Å². The molecule has 0 unspecified atom stereocenters. The van der Waals surface area contributed by atoms with Gasteiger partial charge in [0.25, 0.3) is 5.91 Å². The van der Waals surface area contributed by atoms with Crippen LogP contribution in [0, 0.1) is 13.8 Å². The number of hydrogen-bond donors (Lipinski definition) is 1. The lowest BCUT2D eigenvalue weighted by Gasteiger charge is -2.08. The molecule has 0 aliphatic rings. The van der Waals surface area contributed by atoms with Crippen molar-refractivity contribution < 1.29 is 9.53 Å². The molecule has 2 rings (SSSR count). The van der Waals surface area contributed by atoms with Gasteiger partial charge in [-0.1, -0.05) is 17.7 Å². The molecule has 2 aromatic rings. The zero-order chi connectivity index (χ0) is 15.2. The third-order valence-corrected chi connectivity index (χ3v) is 4.29. The number of halogens is 1. The first-order valence-corrected chi connectivity index (χ1v) is 7.98. The number of benzene rings is 1. The van der Waals surface area contributed by atoms with Gasteiger partial charge in [-0.15, -0.1) is 11.3 Å². The maximum absolute atomic E-state index is 11.6. The zero-order valence-electron chi connectivity index (χ0n) is 11.7. The molecular formula is C15H15BrN2O2S. The van der Waals surface area contributed by atoms with Crippen molar-refractivity contribution in [2.45, 2.75) is 13.8 Å². The number of thiophene rings is 1. The van der Waals surface area contributed by atoms with Crippen LogP contribution in [0.25, 0.3) is 0 Å². The van der Waals surface area contributed by atoms with E-state index in [0.29, 0.717) is 5.75 Å². The second kappa shape index (κ2) is 7.38. The van der Waals surface area contributed by atoms with E-state index in [4.69, 9.17) is 4.74 Å². The van der Waals surface area contributed by atoms with Gasteiger partial charge in [0.15, 0.2) is 6.61 Å². The van der Waals surface area contributed by atoms with Gasteiger partial charge >= 0.3 is 0 Å². The molecule has 0 spiro atoms. The smallest absolute Gasteiger partial charge is 0.277 e. The molecule has 0 aliphatic carbocycles. The van der Waals surface area contributed by atoms with Crippen LogP contribution in [-0.4, -0.2) is 18.7 Å².